The van der Waals surface area contributed by atoms with Gasteiger partial charge in [0.25, 0.3) is 0 Å². The summed E-state index contributed by atoms with van der Waals surface area (Å²) in [6.45, 7) is 4.11. The van der Waals surface area contributed by atoms with Crippen LogP contribution in [0.25, 0.3) is 0 Å². The van der Waals surface area contributed by atoms with Crippen LogP contribution in [0.15, 0.2) is 18.5 Å². The van der Waals surface area contributed by atoms with Crippen molar-refractivity contribution < 1.29 is 4.73 Å². The Labute approximate surface area is 67.1 Å². The lowest BCUT2D eigenvalue weighted by atomic mass is 10.1. The molecule has 1 aromatic rings. The molecule has 0 radical (unpaired) electrons. The SMILES string of the molecule is CCCc1cc[n+]([O-])cc1C. The molecule has 60 valence electrons. The van der Waals surface area contributed by atoms with E-state index in [1.54, 1.807) is 12.4 Å². The fourth-order valence-electron chi connectivity index (χ4n) is 1.16. The van der Waals surface area contributed by atoms with E-state index >= 15 is 0 Å². The maximum absolute atomic E-state index is 10.8. The van der Waals surface area contributed by atoms with E-state index in [0.29, 0.717) is 0 Å². The summed E-state index contributed by atoms with van der Waals surface area (Å²) >= 11 is 0. The van der Waals surface area contributed by atoms with Gasteiger partial charge in [-0.05, 0) is 18.9 Å². The van der Waals surface area contributed by atoms with E-state index < -0.39 is 0 Å². The highest BCUT2D eigenvalue weighted by atomic mass is 16.5. The van der Waals surface area contributed by atoms with E-state index in [0.717, 1.165) is 23.1 Å². The Morgan fingerprint density at radius 3 is 2.82 bits per heavy atom. The molecule has 1 rings (SSSR count). The topological polar surface area (TPSA) is 26.9 Å². The van der Waals surface area contributed by atoms with Crippen LogP contribution in [0.3, 0.4) is 0 Å². The molecule has 0 saturated heterocycles. The molecule has 2 nitrogen and oxygen atoms in total. The standard InChI is InChI=1S/C9H13NO/c1-3-4-9-5-6-10(11)7-8(9)2/h5-7H,3-4H2,1-2H3. The summed E-state index contributed by atoms with van der Waals surface area (Å²) in [6, 6.07) is 1.89. The first-order chi connectivity index (χ1) is 5.24. The highest BCUT2D eigenvalue weighted by Gasteiger charge is 1.99. The molecule has 0 aliphatic carbocycles. The van der Waals surface area contributed by atoms with Gasteiger partial charge in [-0.25, -0.2) is 0 Å². The van der Waals surface area contributed by atoms with Crippen molar-refractivity contribution in [2.45, 2.75) is 26.7 Å². The molecule has 1 aromatic heterocycles. The average Bonchev–Trinajstić information content (AvgIpc) is 1.95. The molecular weight excluding hydrogens is 138 g/mol. The predicted octanol–water partition coefficient (Wildman–Crippen LogP) is 1.58. The predicted molar refractivity (Wildman–Crippen MR) is 44.1 cm³/mol. The molecule has 0 atom stereocenters. The third-order valence-electron chi connectivity index (χ3n) is 1.77. The molecule has 0 aliphatic rings. The van der Waals surface area contributed by atoms with Crippen LogP contribution in [0, 0.1) is 12.1 Å². The summed E-state index contributed by atoms with van der Waals surface area (Å²) in [5.41, 5.74) is 2.36. The number of nitrogens with zero attached hydrogens (tertiary/aromatic N) is 1. The molecule has 0 aromatic carbocycles. The Hall–Kier alpha value is -1.05. The summed E-state index contributed by atoms with van der Waals surface area (Å²) in [6.07, 6.45) is 5.36. The lowest BCUT2D eigenvalue weighted by molar-refractivity contribution is -0.605. The molecule has 0 aliphatic heterocycles. The largest absolute Gasteiger partial charge is 0.619 e. The van der Waals surface area contributed by atoms with Crippen LogP contribution in [0.2, 0.25) is 0 Å². The first kappa shape index (κ1) is 8.05. The molecule has 0 spiro atoms. The Kier molecular flexibility index (Phi) is 2.47. The maximum atomic E-state index is 10.8. The minimum atomic E-state index is 0.842. The summed E-state index contributed by atoms with van der Waals surface area (Å²) in [4.78, 5) is 0. The first-order valence-electron chi connectivity index (χ1n) is 3.92. The van der Waals surface area contributed by atoms with Gasteiger partial charge >= 0.3 is 0 Å². The van der Waals surface area contributed by atoms with E-state index in [9.17, 15) is 5.21 Å². The second-order valence-corrected chi connectivity index (χ2v) is 2.76. The van der Waals surface area contributed by atoms with Gasteiger partial charge in [0, 0.05) is 11.6 Å². The zero-order chi connectivity index (χ0) is 8.27. The number of pyridine rings is 1. The second-order valence-electron chi connectivity index (χ2n) is 2.76. The van der Waals surface area contributed by atoms with Crippen molar-refractivity contribution in [3.63, 3.8) is 0 Å². The number of rotatable bonds is 2. The zero-order valence-electron chi connectivity index (χ0n) is 7.00. The third-order valence-corrected chi connectivity index (χ3v) is 1.77. The molecule has 1 heterocycles. The Morgan fingerprint density at radius 1 is 1.55 bits per heavy atom. The fraction of sp³-hybridized carbons (Fsp3) is 0.444. The van der Waals surface area contributed by atoms with Crippen molar-refractivity contribution in [1.82, 2.24) is 0 Å². The fourth-order valence-corrected chi connectivity index (χ4v) is 1.16. The normalized spacial score (nSPS) is 10.0. The van der Waals surface area contributed by atoms with E-state index in [2.05, 4.69) is 6.92 Å². The summed E-state index contributed by atoms with van der Waals surface area (Å²) in [5, 5.41) is 10.8. The molecule has 0 bridgehead atoms. The van der Waals surface area contributed by atoms with Gasteiger partial charge in [0.1, 0.15) is 0 Å². The molecular formula is C9H13NO. The number of hydrogen-bond donors (Lipinski definition) is 0. The number of aromatic nitrogens is 1. The number of hydrogen-bond acceptors (Lipinski definition) is 1. The van der Waals surface area contributed by atoms with Gasteiger partial charge in [-0.2, -0.15) is 4.73 Å². The molecule has 0 fully saturated rings. The van der Waals surface area contributed by atoms with Crippen LogP contribution in [0.4, 0.5) is 0 Å². The van der Waals surface area contributed by atoms with E-state index in [4.69, 9.17) is 0 Å². The Bertz CT molecular complexity index is 245. The minimum absolute atomic E-state index is 0.842. The van der Waals surface area contributed by atoms with Crippen molar-refractivity contribution in [3.8, 4) is 0 Å². The highest BCUT2D eigenvalue weighted by molar-refractivity contribution is 5.19. The lowest BCUT2D eigenvalue weighted by Gasteiger charge is -2.02. The van der Waals surface area contributed by atoms with Crippen molar-refractivity contribution in [2.75, 3.05) is 0 Å². The maximum Gasteiger partial charge on any atom is 0.183 e. The van der Waals surface area contributed by atoms with Crippen LogP contribution in [-0.4, -0.2) is 0 Å². The first-order valence-corrected chi connectivity index (χ1v) is 3.92. The Balaban J connectivity index is 2.90. The van der Waals surface area contributed by atoms with Crippen molar-refractivity contribution in [2.24, 2.45) is 0 Å². The van der Waals surface area contributed by atoms with Crippen LogP contribution >= 0.6 is 0 Å². The molecule has 2 heteroatoms. The van der Waals surface area contributed by atoms with Gasteiger partial charge in [-0.3, -0.25) is 0 Å². The third kappa shape index (κ3) is 1.93. The van der Waals surface area contributed by atoms with Gasteiger partial charge in [0.05, 0.1) is 0 Å². The van der Waals surface area contributed by atoms with Crippen molar-refractivity contribution in [1.29, 1.82) is 0 Å². The smallest absolute Gasteiger partial charge is 0.183 e. The van der Waals surface area contributed by atoms with Crippen LogP contribution < -0.4 is 4.73 Å². The molecule has 11 heavy (non-hydrogen) atoms. The van der Waals surface area contributed by atoms with Crippen LogP contribution in [-0.2, 0) is 6.42 Å². The van der Waals surface area contributed by atoms with Gasteiger partial charge < -0.3 is 5.21 Å². The molecule has 0 amide bonds. The zero-order valence-corrected chi connectivity index (χ0v) is 7.00. The number of aryl methyl sites for hydroxylation is 2. The van der Waals surface area contributed by atoms with Gasteiger partial charge in [0.2, 0.25) is 0 Å². The van der Waals surface area contributed by atoms with E-state index in [1.807, 2.05) is 13.0 Å². The molecule has 0 saturated carbocycles. The van der Waals surface area contributed by atoms with Crippen molar-refractivity contribution in [3.05, 3.63) is 34.8 Å². The van der Waals surface area contributed by atoms with Gasteiger partial charge in [0.15, 0.2) is 12.4 Å². The average molecular weight is 151 g/mol. The van der Waals surface area contributed by atoms with E-state index in [-0.39, 0.29) is 0 Å². The minimum Gasteiger partial charge on any atom is -0.619 e. The summed E-state index contributed by atoms with van der Waals surface area (Å²) in [5.74, 6) is 0. The highest BCUT2D eigenvalue weighted by Crippen LogP contribution is 2.06. The van der Waals surface area contributed by atoms with E-state index in [1.165, 1.54) is 5.56 Å². The van der Waals surface area contributed by atoms with Crippen LogP contribution in [0.5, 0.6) is 0 Å². The van der Waals surface area contributed by atoms with Crippen molar-refractivity contribution >= 4 is 0 Å². The van der Waals surface area contributed by atoms with Gasteiger partial charge in [-0.1, -0.05) is 13.3 Å². The Morgan fingerprint density at radius 2 is 2.27 bits per heavy atom. The molecule has 0 unspecified atom stereocenters. The summed E-state index contributed by atoms with van der Waals surface area (Å²) in [7, 11) is 0. The second kappa shape index (κ2) is 3.37. The quantitative estimate of drug-likeness (QED) is 0.465. The molecule has 0 N–H and O–H groups in total. The summed E-state index contributed by atoms with van der Waals surface area (Å²) < 4.78 is 0.842. The van der Waals surface area contributed by atoms with Crippen LogP contribution in [0.1, 0.15) is 24.5 Å². The lowest BCUT2D eigenvalue weighted by Crippen LogP contribution is -2.25. The van der Waals surface area contributed by atoms with Gasteiger partial charge in [-0.15, -0.1) is 0 Å². The monoisotopic (exact) mass is 151 g/mol.